The number of rotatable bonds is 7. The number of carbonyl (C=O) groups excluding carboxylic acids is 1. The summed E-state index contributed by atoms with van der Waals surface area (Å²) in [6.07, 6.45) is 3.42. The van der Waals surface area contributed by atoms with Crippen molar-refractivity contribution in [1.82, 2.24) is 10.0 Å². The van der Waals surface area contributed by atoms with Gasteiger partial charge < -0.3 is 14.9 Å². The summed E-state index contributed by atoms with van der Waals surface area (Å²) in [7, 11) is 0. The van der Waals surface area contributed by atoms with Crippen LogP contribution in [0.2, 0.25) is 5.02 Å². The molecule has 0 spiro atoms. The molecule has 0 aliphatic carbocycles. The zero-order chi connectivity index (χ0) is 21.7. The van der Waals surface area contributed by atoms with Crippen molar-refractivity contribution in [2.24, 2.45) is 5.73 Å². The summed E-state index contributed by atoms with van der Waals surface area (Å²) in [5, 5.41) is 10.6. The predicted octanol–water partition coefficient (Wildman–Crippen LogP) is 5.05. The molecule has 7 nitrogen and oxygen atoms in total. The summed E-state index contributed by atoms with van der Waals surface area (Å²) in [5.41, 5.74) is 7.43. The maximum absolute atomic E-state index is 11.0. The molecule has 1 unspecified atom stereocenters. The monoisotopic (exact) mass is 427 g/mol. The third-order valence-corrected chi connectivity index (χ3v) is 4.65. The van der Waals surface area contributed by atoms with Gasteiger partial charge in [-0.15, -0.1) is 0 Å². The van der Waals surface area contributed by atoms with E-state index in [1.54, 1.807) is 31.2 Å². The lowest BCUT2D eigenvalue weighted by Crippen LogP contribution is -2.38. The maximum Gasteiger partial charge on any atom is 0.339 e. The van der Waals surface area contributed by atoms with Gasteiger partial charge in [-0.25, -0.2) is 9.78 Å². The molecule has 0 bridgehead atoms. The highest BCUT2D eigenvalue weighted by atomic mass is 35.5. The van der Waals surface area contributed by atoms with Crippen LogP contribution in [0.15, 0.2) is 59.0 Å². The summed E-state index contributed by atoms with van der Waals surface area (Å²) >= 11 is 5.92. The van der Waals surface area contributed by atoms with E-state index in [2.05, 4.69) is 4.98 Å². The number of urea groups is 1. The van der Waals surface area contributed by atoms with Crippen molar-refractivity contribution < 1.29 is 19.2 Å². The summed E-state index contributed by atoms with van der Waals surface area (Å²) in [6.45, 7) is 3.73. The molecule has 2 amide bonds. The number of benzene rings is 2. The molecule has 3 aromatic rings. The minimum Gasteiger partial charge on any atom is -0.487 e. The summed E-state index contributed by atoms with van der Waals surface area (Å²) < 4.78 is 11.6. The number of aromatic nitrogens is 1. The smallest absolute Gasteiger partial charge is 0.339 e. The molecule has 1 atom stereocenters. The molecular formula is C22H22ClN3O4. The molecule has 0 aliphatic rings. The first-order chi connectivity index (χ1) is 14.3. The molecule has 0 saturated heterocycles. The van der Waals surface area contributed by atoms with Gasteiger partial charge in [0.1, 0.15) is 23.8 Å². The van der Waals surface area contributed by atoms with Gasteiger partial charge in [-0.1, -0.05) is 35.9 Å². The summed E-state index contributed by atoms with van der Waals surface area (Å²) in [6, 6.07) is 13.2. The van der Waals surface area contributed by atoms with Gasteiger partial charge in [0.15, 0.2) is 0 Å². The number of amides is 2. The van der Waals surface area contributed by atoms with Crippen LogP contribution in [0.3, 0.4) is 0 Å². The largest absolute Gasteiger partial charge is 0.487 e. The van der Waals surface area contributed by atoms with Crippen LogP contribution in [-0.2, 0) is 6.61 Å². The van der Waals surface area contributed by atoms with Gasteiger partial charge >= 0.3 is 6.03 Å². The highest BCUT2D eigenvalue weighted by Gasteiger charge is 2.13. The first-order valence-electron chi connectivity index (χ1n) is 9.24. The SMILES string of the molecule is Cc1oc(-c2ccc(Cl)cc2)nc1COc1cccc(/C=C/C(C)N(O)C(N)=O)c1. The Kier molecular flexibility index (Phi) is 6.76. The zero-order valence-corrected chi connectivity index (χ0v) is 17.3. The zero-order valence-electron chi connectivity index (χ0n) is 16.6. The molecule has 8 heteroatoms. The number of aryl methyl sites for hydroxylation is 1. The lowest BCUT2D eigenvalue weighted by atomic mass is 10.1. The third-order valence-electron chi connectivity index (χ3n) is 4.40. The lowest BCUT2D eigenvalue weighted by molar-refractivity contribution is -0.0560. The van der Waals surface area contributed by atoms with Crippen molar-refractivity contribution in [2.75, 3.05) is 0 Å². The third kappa shape index (κ3) is 5.40. The van der Waals surface area contributed by atoms with Gasteiger partial charge in [0.05, 0.1) is 6.04 Å². The van der Waals surface area contributed by atoms with E-state index in [9.17, 15) is 10.0 Å². The average molecular weight is 428 g/mol. The van der Waals surface area contributed by atoms with Crippen molar-refractivity contribution in [3.05, 3.63) is 76.6 Å². The fourth-order valence-corrected chi connectivity index (χ4v) is 2.80. The standard InChI is InChI=1S/C22H22ClN3O4/c1-14(26(28)22(24)27)6-7-16-4-3-5-19(12-16)29-13-20-15(2)30-21(25-20)17-8-10-18(23)11-9-17/h3-12,14,28H,13H2,1-2H3,(H2,24,27)/b7-6+. The molecule has 1 heterocycles. The Hall–Kier alpha value is -3.29. The minimum atomic E-state index is -0.912. The van der Waals surface area contributed by atoms with E-state index in [0.29, 0.717) is 33.2 Å². The molecule has 156 valence electrons. The topological polar surface area (TPSA) is 102 Å². The Balaban J connectivity index is 1.66. The Morgan fingerprint density at radius 3 is 2.77 bits per heavy atom. The minimum absolute atomic E-state index is 0.249. The Labute approximate surface area is 179 Å². The molecule has 2 aromatic carbocycles. The molecule has 3 rings (SSSR count). The van der Waals surface area contributed by atoms with Crippen molar-refractivity contribution in [2.45, 2.75) is 26.5 Å². The van der Waals surface area contributed by atoms with E-state index in [1.807, 2.05) is 43.3 Å². The molecular weight excluding hydrogens is 406 g/mol. The Bertz CT molecular complexity index is 1050. The van der Waals surface area contributed by atoms with Crippen LogP contribution in [0.25, 0.3) is 17.5 Å². The molecule has 0 fully saturated rings. The van der Waals surface area contributed by atoms with Crippen LogP contribution in [-0.4, -0.2) is 27.3 Å². The van der Waals surface area contributed by atoms with Gasteiger partial charge in [0.25, 0.3) is 0 Å². The van der Waals surface area contributed by atoms with E-state index >= 15 is 0 Å². The van der Waals surface area contributed by atoms with Crippen LogP contribution in [0, 0.1) is 6.92 Å². The second-order valence-corrected chi connectivity index (χ2v) is 7.11. The number of primary amides is 1. The first kappa shape index (κ1) is 21.4. The van der Waals surface area contributed by atoms with Gasteiger partial charge in [-0.2, -0.15) is 5.06 Å². The first-order valence-corrected chi connectivity index (χ1v) is 9.62. The summed E-state index contributed by atoms with van der Waals surface area (Å²) in [5.74, 6) is 1.84. The van der Waals surface area contributed by atoms with Crippen molar-refractivity contribution >= 4 is 23.7 Å². The highest BCUT2D eigenvalue weighted by molar-refractivity contribution is 6.30. The number of nitrogens with zero attached hydrogens (tertiary/aromatic N) is 2. The Morgan fingerprint density at radius 2 is 2.07 bits per heavy atom. The predicted molar refractivity (Wildman–Crippen MR) is 114 cm³/mol. The summed E-state index contributed by atoms with van der Waals surface area (Å²) in [4.78, 5) is 15.5. The van der Waals surface area contributed by atoms with Crippen LogP contribution in [0.1, 0.15) is 23.9 Å². The quantitative estimate of drug-likeness (QED) is 0.405. The number of carbonyl (C=O) groups is 1. The fourth-order valence-electron chi connectivity index (χ4n) is 2.67. The van der Waals surface area contributed by atoms with Crippen molar-refractivity contribution in [1.29, 1.82) is 0 Å². The second kappa shape index (κ2) is 9.47. The molecule has 0 aliphatic heterocycles. The van der Waals surface area contributed by atoms with Gasteiger partial charge in [0.2, 0.25) is 5.89 Å². The molecule has 1 aromatic heterocycles. The molecule has 30 heavy (non-hydrogen) atoms. The average Bonchev–Trinajstić information content (AvgIpc) is 3.11. The van der Waals surface area contributed by atoms with Crippen LogP contribution in [0.5, 0.6) is 5.75 Å². The number of ether oxygens (including phenoxy) is 1. The van der Waals surface area contributed by atoms with E-state index in [0.717, 1.165) is 11.1 Å². The number of oxazole rings is 1. The number of halogens is 1. The highest BCUT2D eigenvalue weighted by Crippen LogP contribution is 2.24. The molecule has 3 N–H and O–H groups in total. The number of hydrogen-bond acceptors (Lipinski definition) is 5. The lowest BCUT2D eigenvalue weighted by Gasteiger charge is -2.16. The molecule has 0 radical (unpaired) electrons. The van der Waals surface area contributed by atoms with Crippen LogP contribution >= 0.6 is 11.6 Å². The van der Waals surface area contributed by atoms with E-state index in [1.165, 1.54) is 0 Å². The second-order valence-electron chi connectivity index (χ2n) is 6.67. The van der Waals surface area contributed by atoms with Crippen LogP contribution in [0.4, 0.5) is 4.79 Å². The van der Waals surface area contributed by atoms with Gasteiger partial charge in [0, 0.05) is 10.6 Å². The van der Waals surface area contributed by atoms with E-state index in [-0.39, 0.29) is 6.61 Å². The van der Waals surface area contributed by atoms with Gasteiger partial charge in [-0.05, 0) is 55.8 Å². The van der Waals surface area contributed by atoms with Crippen LogP contribution < -0.4 is 10.5 Å². The number of hydroxylamine groups is 2. The van der Waals surface area contributed by atoms with Crippen molar-refractivity contribution in [3.8, 4) is 17.2 Å². The number of hydrogen-bond donors (Lipinski definition) is 2. The van der Waals surface area contributed by atoms with Gasteiger partial charge in [-0.3, -0.25) is 5.21 Å². The maximum atomic E-state index is 11.0. The van der Waals surface area contributed by atoms with E-state index < -0.39 is 12.1 Å². The van der Waals surface area contributed by atoms with E-state index in [4.69, 9.17) is 26.5 Å². The Morgan fingerprint density at radius 1 is 1.33 bits per heavy atom. The normalized spacial score (nSPS) is 12.1. The van der Waals surface area contributed by atoms with Crippen molar-refractivity contribution in [3.63, 3.8) is 0 Å². The number of nitrogens with two attached hydrogens (primary N) is 1. The fraction of sp³-hybridized carbons (Fsp3) is 0.182. The molecule has 0 saturated carbocycles.